The van der Waals surface area contributed by atoms with Crippen LogP contribution in [0.2, 0.25) is 0 Å². The highest BCUT2D eigenvalue weighted by Crippen LogP contribution is 2.11. The van der Waals surface area contributed by atoms with Gasteiger partial charge in [-0.25, -0.2) is 4.98 Å². The minimum Gasteiger partial charge on any atom is -0.311 e. The number of nitrogens with zero attached hydrogens (tertiary/aromatic N) is 1. The molecule has 0 fully saturated rings. The molecule has 2 rings (SSSR count). The summed E-state index contributed by atoms with van der Waals surface area (Å²) in [5, 5.41) is 5.19. The van der Waals surface area contributed by atoms with E-state index in [-0.39, 0.29) is 5.56 Å². The number of aromatic amines is 1. The van der Waals surface area contributed by atoms with Crippen molar-refractivity contribution < 1.29 is 0 Å². The number of hydrogen-bond donors (Lipinski definition) is 2. The molecule has 0 bridgehead atoms. The maximum atomic E-state index is 11.5. The van der Waals surface area contributed by atoms with Crippen LogP contribution in [0, 0.1) is 0 Å². The quantitative estimate of drug-likeness (QED) is 0.845. The molecule has 0 aromatic carbocycles. The molecule has 2 aromatic rings. The van der Waals surface area contributed by atoms with Crippen LogP contribution in [0.3, 0.4) is 0 Å². The summed E-state index contributed by atoms with van der Waals surface area (Å²) in [5.74, 6) is 0.729. The molecule has 0 saturated carbocycles. The molecular weight excluding hydrogens is 234 g/mol. The predicted octanol–water partition coefficient (Wildman–Crippen LogP) is 1.53. The summed E-state index contributed by atoms with van der Waals surface area (Å²) in [6, 6.07) is 5.59. The number of hydrogen-bond acceptors (Lipinski definition) is 4. The maximum Gasteiger partial charge on any atom is 0.251 e. The first-order chi connectivity index (χ1) is 8.28. The molecular formula is C12H15N3OS. The topological polar surface area (TPSA) is 57.8 Å². The second-order valence-electron chi connectivity index (χ2n) is 3.72. The number of rotatable bonds is 5. The Bertz CT molecular complexity index is 519. The van der Waals surface area contributed by atoms with Gasteiger partial charge in [-0.05, 0) is 18.0 Å². The number of thiophene rings is 1. The summed E-state index contributed by atoms with van der Waals surface area (Å²) in [6.07, 6.45) is 0.687. The molecule has 17 heavy (non-hydrogen) atoms. The molecule has 0 atom stereocenters. The zero-order valence-corrected chi connectivity index (χ0v) is 10.5. The van der Waals surface area contributed by atoms with Crippen LogP contribution in [0.25, 0.3) is 0 Å². The third kappa shape index (κ3) is 3.51. The summed E-state index contributed by atoms with van der Waals surface area (Å²) in [5.41, 5.74) is 0.710. The lowest BCUT2D eigenvalue weighted by atomic mass is 10.3. The fourth-order valence-corrected chi connectivity index (χ4v) is 2.28. The standard InChI is InChI=1S/C12H15N3OS/c1-2-13-8-9-6-12(16)15-11(14-9)7-10-4-3-5-17-10/h3-6,13H,2,7-8H2,1H3,(H,14,15,16). The van der Waals surface area contributed by atoms with E-state index in [0.29, 0.717) is 13.0 Å². The molecule has 0 spiro atoms. The second kappa shape index (κ2) is 5.75. The van der Waals surface area contributed by atoms with E-state index in [1.807, 2.05) is 24.4 Å². The highest BCUT2D eigenvalue weighted by molar-refractivity contribution is 7.09. The van der Waals surface area contributed by atoms with Gasteiger partial charge >= 0.3 is 0 Å². The Labute approximate surface area is 104 Å². The summed E-state index contributed by atoms with van der Waals surface area (Å²) in [4.78, 5) is 19.9. The predicted molar refractivity (Wildman–Crippen MR) is 69.4 cm³/mol. The maximum absolute atomic E-state index is 11.5. The van der Waals surface area contributed by atoms with E-state index in [1.54, 1.807) is 17.4 Å². The number of aromatic nitrogens is 2. The number of nitrogens with one attached hydrogen (secondary N) is 2. The van der Waals surface area contributed by atoms with Gasteiger partial charge in [0.1, 0.15) is 5.82 Å². The molecule has 0 amide bonds. The van der Waals surface area contributed by atoms with Crippen LogP contribution in [0.5, 0.6) is 0 Å². The molecule has 0 unspecified atom stereocenters. The fourth-order valence-electron chi connectivity index (χ4n) is 1.57. The van der Waals surface area contributed by atoms with Gasteiger partial charge in [0.05, 0.1) is 5.69 Å². The average Bonchev–Trinajstić information content (AvgIpc) is 2.78. The molecule has 0 saturated heterocycles. The first kappa shape index (κ1) is 12.0. The van der Waals surface area contributed by atoms with Crippen LogP contribution in [-0.2, 0) is 13.0 Å². The van der Waals surface area contributed by atoms with Crippen LogP contribution >= 0.6 is 11.3 Å². The van der Waals surface area contributed by atoms with E-state index in [4.69, 9.17) is 0 Å². The van der Waals surface area contributed by atoms with Crippen LogP contribution in [0.1, 0.15) is 23.3 Å². The van der Waals surface area contributed by atoms with E-state index in [2.05, 4.69) is 15.3 Å². The second-order valence-corrected chi connectivity index (χ2v) is 4.75. The van der Waals surface area contributed by atoms with Crippen LogP contribution in [0.15, 0.2) is 28.4 Å². The van der Waals surface area contributed by atoms with Crippen molar-refractivity contribution in [3.8, 4) is 0 Å². The minimum absolute atomic E-state index is 0.0838. The summed E-state index contributed by atoms with van der Waals surface area (Å²) in [7, 11) is 0. The first-order valence-electron chi connectivity index (χ1n) is 5.60. The van der Waals surface area contributed by atoms with Crippen LogP contribution in [-0.4, -0.2) is 16.5 Å². The zero-order chi connectivity index (χ0) is 12.1. The van der Waals surface area contributed by atoms with Gasteiger partial charge in [-0.1, -0.05) is 13.0 Å². The Balaban J connectivity index is 2.16. The molecule has 0 aliphatic heterocycles. The molecule has 2 heterocycles. The normalized spacial score (nSPS) is 10.6. The van der Waals surface area contributed by atoms with Gasteiger partial charge < -0.3 is 10.3 Å². The smallest absolute Gasteiger partial charge is 0.251 e. The molecule has 0 aliphatic carbocycles. The summed E-state index contributed by atoms with van der Waals surface area (Å²) < 4.78 is 0. The Hall–Kier alpha value is -1.46. The van der Waals surface area contributed by atoms with E-state index in [1.165, 1.54) is 4.88 Å². The SMILES string of the molecule is CCNCc1cc(=O)[nH]c(Cc2cccs2)n1. The van der Waals surface area contributed by atoms with Gasteiger partial charge in [-0.2, -0.15) is 0 Å². The Morgan fingerprint density at radius 2 is 2.41 bits per heavy atom. The van der Waals surface area contributed by atoms with Crippen LogP contribution in [0.4, 0.5) is 0 Å². The van der Waals surface area contributed by atoms with Crippen molar-refractivity contribution in [1.82, 2.24) is 15.3 Å². The average molecular weight is 249 g/mol. The molecule has 4 nitrogen and oxygen atoms in total. The molecule has 0 aliphatic rings. The van der Waals surface area contributed by atoms with E-state index < -0.39 is 0 Å². The third-order valence-corrected chi connectivity index (χ3v) is 3.20. The van der Waals surface area contributed by atoms with Gasteiger partial charge in [0.2, 0.25) is 0 Å². The van der Waals surface area contributed by atoms with Crippen molar-refractivity contribution >= 4 is 11.3 Å². The van der Waals surface area contributed by atoms with Gasteiger partial charge in [0.25, 0.3) is 5.56 Å². The van der Waals surface area contributed by atoms with Crippen molar-refractivity contribution in [3.63, 3.8) is 0 Å². The molecule has 90 valence electrons. The van der Waals surface area contributed by atoms with Gasteiger partial charge in [0, 0.05) is 23.9 Å². The lowest BCUT2D eigenvalue weighted by Crippen LogP contribution is -2.18. The fraction of sp³-hybridized carbons (Fsp3) is 0.333. The van der Waals surface area contributed by atoms with Gasteiger partial charge in [0.15, 0.2) is 0 Å². The Morgan fingerprint density at radius 1 is 1.53 bits per heavy atom. The van der Waals surface area contributed by atoms with Crippen molar-refractivity contribution in [1.29, 1.82) is 0 Å². The van der Waals surface area contributed by atoms with Crippen LogP contribution < -0.4 is 10.9 Å². The number of H-pyrrole nitrogens is 1. The highest BCUT2D eigenvalue weighted by Gasteiger charge is 2.03. The summed E-state index contributed by atoms with van der Waals surface area (Å²) in [6.45, 7) is 3.53. The molecule has 2 N–H and O–H groups in total. The lowest BCUT2D eigenvalue weighted by molar-refractivity contribution is 0.700. The van der Waals surface area contributed by atoms with Crippen molar-refractivity contribution in [2.45, 2.75) is 19.9 Å². The highest BCUT2D eigenvalue weighted by atomic mass is 32.1. The van der Waals surface area contributed by atoms with Crippen molar-refractivity contribution in [3.05, 3.63) is 50.3 Å². The molecule has 2 aromatic heterocycles. The van der Waals surface area contributed by atoms with E-state index in [9.17, 15) is 4.79 Å². The summed E-state index contributed by atoms with van der Waals surface area (Å²) >= 11 is 1.67. The van der Waals surface area contributed by atoms with Crippen molar-refractivity contribution in [2.24, 2.45) is 0 Å². The monoisotopic (exact) mass is 249 g/mol. The van der Waals surface area contributed by atoms with Crippen molar-refractivity contribution in [2.75, 3.05) is 6.54 Å². The van der Waals surface area contributed by atoms with E-state index >= 15 is 0 Å². The van der Waals surface area contributed by atoms with Gasteiger partial charge in [-0.3, -0.25) is 4.79 Å². The Kier molecular flexibility index (Phi) is 4.06. The first-order valence-corrected chi connectivity index (χ1v) is 6.48. The minimum atomic E-state index is -0.0838. The zero-order valence-electron chi connectivity index (χ0n) is 9.69. The largest absolute Gasteiger partial charge is 0.311 e. The third-order valence-electron chi connectivity index (χ3n) is 2.32. The Morgan fingerprint density at radius 3 is 3.12 bits per heavy atom. The van der Waals surface area contributed by atoms with E-state index in [0.717, 1.165) is 18.1 Å². The lowest BCUT2D eigenvalue weighted by Gasteiger charge is -2.03. The molecule has 0 radical (unpaired) electrons. The van der Waals surface area contributed by atoms with Gasteiger partial charge in [-0.15, -0.1) is 11.3 Å². The molecule has 5 heteroatoms.